The second-order valence-corrected chi connectivity index (χ2v) is 6.22. The van der Waals surface area contributed by atoms with E-state index in [0.29, 0.717) is 5.82 Å². The van der Waals surface area contributed by atoms with Crippen LogP contribution in [0.1, 0.15) is 5.69 Å². The molecule has 0 radical (unpaired) electrons. The fraction of sp³-hybridized carbons (Fsp3) is 0.100. The van der Waals surface area contributed by atoms with Gasteiger partial charge in [0.2, 0.25) is 5.91 Å². The monoisotopic (exact) mass is 371 g/mol. The van der Waals surface area contributed by atoms with Crippen LogP contribution in [0.2, 0.25) is 0 Å². The number of rotatable bonds is 5. The third kappa shape index (κ3) is 4.07. The lowest BCUT2D eigenvalue weighted by Gasteiger charge is -2.06. The summed E-state index contributed by atoms with van der Waals surface area (Å²) >= 11 is 0. The molecule has 0 saturated carbocycles. The van der Waals surface area contributed by atoms with E-state index in [2.05, 4.69) is 30.4 Å². The van der Waals surface area contributed by atoms with Gasteiger partial charge in [0.25, 0.3) is 0 Å². The number of hydrogen-bond donors (Lipinski definition) is 1. The Labute approximate surface area is 161 Å². The van der Waals surface area contributed by atoms with Crippen molar-refractivity contribution in [1.29, 1.82) is 0 Å². The van der Waals surface area contributed by atoms with Gasteiger partial charge in [-0.1, -0.05) is 0 Å². The predicted octanol–water partition coefficient (Wildman–Crippen LogP) is 2.74. The van der Waals surface area contributed by atoms with Crippen LogP contribution in [0, 0.1) is 6.92 Å². The summed E-state index contributed by atoms with van der Waals surface area (Å²) in [6.45, 7) is 2.03. The number of pyridine rings is 2. The number of amides is 1. The molecule has 0 aromatic carbocycles. The van der Waals surface area contributed by atoms with Crippen LogP contribution in [-0.4, -0.2) is 35.6 Å². The van der Waals surface area contributed by atoms with Crippen LogP contribution in [0.25, 0.3) is 22.3 Å². The highest BCUT2D eigenvalue weighted by Gasteiger charge is 2.08. The first kappa shape index (κ1) is 17.5. The van der Waals surface area contributed by atoms with Gasteiger partial charge in [-0.15, -0.1) is 0 Å². The van der Waals surface area contributed by atoms with Crippen LogP contribution in [0.5, 0.6) is 0 Å². The van der Waals surface area contributed by atoms with Gasteiger partial charge >= 0.3 is 0 Å². The molecule has 1 N–H and O–H groups in total. The molecular formula is C20H17N7O. The summed E-state index contributed by atoms with van der Waals surface area (Å²) in [5, 5.41) is 7.03. The fourth-order valence-electron chi connectivity index (χ4n) is 2.74. The summed E-state index contributed by atoms with van der Waals surface area (Å²) in [5.41, 5.74) is 4.62. The summed E-state index contributed by atoms with van der Waals surface area (Å²) in [5.74, 6) is 0.270. The van der Waals surface area contributed by atoms with Crippen LogP contribution < -0.4 is 5.32 Å². The average Bonchev–Trinajstić information content (AvgIpc) is 3.17. The average molecular weight is 371 g/mol. The largest absolute Gasteiger partial charge is 0.309 e. The Morgan fingerprint density at radius 1 is 0.964 bits per heavy atom. The zero-order chi connectivity index (χ0) is 19.3. The fourth-order valence-corrected chi connectivity index (χ4v) is 2.74. The molecule has 0 atom stereocenters. The van der Waals surface area contributed by atoms with Crippen molar-refractivity contribution in [3.05, 3.63) is 73.5 Å². The van der Waals surface area contributed by atoms with Crippen molar-refractivity contribution in [3.8, 4) is 22.3 Å². The van der Waals surface area contributed by atoms with Crippen molar-refractivity contribution < 1.29 is 4.79 Å². The lowest BCUT2D eigenvalue weighted by atomic mass is 10.1. The molecule has 0 aliphatic heterocycles. The Hall–Kier alpha value is -3.94. The molecule has 4 rings (SSSR count). The maximum absolute atomic E-state index is 12.3. The number of carbonyl (C=O) groups excluding carboxylic acids is 1. The van der Waals surface area contributed by atoms with Crippen molar-refractivity contribution in [3.63, 3.8) is 0 Å². The van der Waals surface area contributed by atoms with Gasteiger partial charge in [0.15, 0.2) is 0 Å². The van der Waals surface area contributed by atoms with Gasteiger partial charge < -0.3 is 5.32 Å². The van der Waals surface area contributed by atoms with E-state index in [1.54, 1.807) is 41.7 Å². The van der Waals surface area contributed by atoms with Crippen molar-refractivity contribution in [2.75, 3.05) is 5.32 Å². The van der Waals surface area contributed by atoms with Crippen molar-refractivity contribution >= 4 is 11.7 Å². The Bertz CT molecular complexity index is 1090. The third-order valence-corrected chi connectivity index (χ3v) is 4.09. The summed E-state index contributed by atoms with van der Waals surface area (Å²) < 4.78 is 1.59. The van der Waals surface area contributed by atoms with E-state index >= 15 is 0 Å². The van der Waals surface area contributed by atoms with Gasteiger partial charge in [-0.05, 0) is 36.8 Å². The zero-order valence-corrected chi connectivity index (χ0v) is 15.1. The Morgan fingerprint density at radius 2 is 1.82 bits per heavy atom. The highest BCUT2D eigenvalue weighted by atomic mass is 16.2. The number of carbonyl (C=O) groups is 1. The van der Waals surface area contributed by atoms with Gasteiger partial charge in [-0.3, -0.25) is 14.5 Å². The SMILES string of the molecule is Cc1cc(-c2cnn(CC(=O)Nc3ccc(-c4cncnc4)cn3)c2)ccn1. The van der Waals surface area contributed by atoms with E-state index in [-0.39, 0.29) is 12.5 Å². The first-order valence-corrected chi connectivity index (χ1v) is 8.64. The summed E-state index contributed by atoms with van der Waals surface area (Å²) in [6.07, 6.45) is 11.9. The molecule has 138 valence electrons. The van der Waals surface area contributed by atoms with Crippen molar-refractivity contribution in [2.45, 2.75) is 13.5 Å². The number of anilines is 1. The maximum Gasteiger partial charge on any atom is 0.247 e. The molecule has 0 saturated heterocycles. The van der Waals surface area contributed by atoms with Gasteiger partial charge in [-0.25, -0.2) is 15.0 Å². The quantitative estimate of drug-likeness (QED) is 0.579. The van der Waals surface area contributed by atoms with Gasteiger partial charge in [0.05, 0.1) is 6.20 Å². The molecule has 4 heterocycles. The first-order valence-electron chi connectivity index (χ1n) is 8.64. The van der Waals surface area contributed by atoms with E-state index in [1.807, 2.05) is 31.3 Å². The Balaban J connectivity index is 1.39. The molecule has 1 amide bonds. The molecule has 0 unspecified atom stereocenters. The van der Waals surface area contributed by atoms with Crippen molar-refractivity contribution in [1.82, 2.24) is 29.7 Å². The lowest BCUT2D eigenvalue weighted by molar-refractivity contribution is -0.116. The minimum atomic E-state index is -0.205. The van der Waals surface area contributed by atoms with E-state index in [9.17, 15) is 4.79 Å². The Morgan fingerprint density at radius 3 is 2.57 bits per heavy atom. The smallest absolute Gasteiger partial charge is 0.247 e. The number of hydrogen-bond acceptors (Lipinski definition) is 6. The van der Waals surface area contributed by atoms with Crippen LogP contribution in [0.4, 0.5) is 5.82 Å². The van der Waals surface area contributed by atoms with Gasteiger partial charge in [0.1, 0.15) is 18.7 Å². The second kappa shape index (κ2) is 7.75. The summed E-state index contributed by atoms with van der Waals surface area (Å²) in [6, 6.07) is 7.50. The highest BCUT2D eigenvalue weighted by molar-refractivity contribution is 5.89. The van der Waals surface area contributed by atoms with Gasteiger partial charge in [0, 0.05) is 53.4 Å². The Kier molecular flexibility index (Phi) is 4.83. The molecule has 0 aliphatic carbocycles. The zero-order valence-electron chi connectivity index (χ0n) is 15.1. The molecule has 0 fully saturated rings. The molecule has 8 nitrogen and oxygen atoms in total. The molecule has 28 heavy (non-hydrogen) atoms. The molecule has 4 aromatic heterocycles. The van der Waals surface area contributed by atoms with Crippen LogP contribution in [-0.2, 0) is 11.3 Å². The molecule has 0 aliphatic rings. The van der Waals surface area contributed by atoms with E-state index in [1.165, 1.54) is 6.33 Å². The standard InChI is InChI=1S/C20H17N7O/c1-14-6-15(4-5-23-14)18-10-25-27(11-18)12-20(28)26-19-3-2-16(9-24-19)17-7-21-13-22-8-17/h2-11,13H,12H2,1H3,(H,24,26,28). The molecule has 0 spiro atoms. The summed E-state index contributed by atoms with van der Waals surface area (Å²) in [7, 11) is 0. The van der Waals surface area contributed by atoms with Crippen LogP contribution in [0.15, 0.2) is 67.8 Å². The highest BCUT2D eigenvalue weighted by Crippen LogP contribution is 2.19. The number of nitrogens with zero attached hydrogens (tertiary/aromatic N) is 6. The van der Waals surface area contributed by atoms with E-state index < -0.39 is 0 Å². The predicted molar refractivity (Wildman–Crippen MR) is 104 cm³/mol. The van der Waals surface area contributed by atoms with Crippen molar-refractivity contribution in [2.24, 2.45) is 0 Å². The van der Waals surface area contributed by atoms with Crippen LogP contribution >= 0.6 is 0 Å². The topological polar surface area (TPSA) is 98.5 Å². The molecule has 0 bridgehead atoms. The molecule has 8 heteroatoms. The minimum absolute atomic E-state index is 0.0972. The first-order chi connectivity index (χ1) is 13.7. The molecule has 4 aromatic rings. The third-order valence-electron chi connectivity index (χ3n) is 4.09. The number of nitrogens with one attached hydrogen (secondary N) is 1. The van der Waals surface area contributed by atoms with Gasteiger partial charge in [-0.2, -0.15) is 5.10 Å². The normalized spacial score (nSPS) is 10.6. The number of aromatic nitrogens is 6. The lowest BCUT2D eigenvalue weighted by Crippen LogP contribution is -2.19. The number of aryl methyl sites for hydroxylation is 1. The van der Waals surface area contributed by atoms with E-state index in [0.717, 1.165) is 27.9 Å². The minimum Gasteiger partial charge on any atom is -0.309 e. The second-order valence-electron chi connectivity index (χ2n) is 6.22. The summed E-state index contributed by atoms with van der Waals surface area (Å²) in [4.78, 5) is 28.7. The maximum atomic E-state index is 12.3. The van der Waals surface area contributed by atoms with E-state index in [4.69, 9.17) is 0 Å². The van der Waals surface area contributed by atoms with Crippen LogP contribution in [0.3, 0.4) is 0 Å². The molecular weight excluding hydrogens is 354 g/mol.